The first-order valence-corrected chi connectivity index (χ1v) is 6.84. The average Bonchev–Trinajstić information content (AvgIpc) is 2.78. The van der Waals surface area contributed by atoms with E-state index in [1.54, 1.807) is 0 Å². The molecule has 6 nitrogen and oxygen atoms in total. The molecule has 2 aromatic rings. The molecule has 2 rings (SSSR count). The number of anilines is 1. The molecule has 9 heteroatoms. The van der Waals surface area contributed by atoms with Crippen molar-refractivity contribution >= 4 is 40.8 Å². The van der Waals surface area contributed by atoms with Crippen molar-refractivity contribution < 1.29 is 0 Å². The lowest BCUT2D eigenvalue weighted by atomic mass is 10.5. The third-order valence-corrected chi connectivity index (χ3v) is 3.39. The summed E-state index contributed by atoms with van der Waals surface area (Å²) >= 11 is 8.42. The van der Waals surface area contributed by atoms with Crippen LogP contribution in [0.2, 0.25) is 5.28 Å². The third kappa shape index (κ3) is 3.76. The normalized spacial score (nSPS) is 10.5. The van der Waals surface area contributed by atoms with Gasteiger partial charge in [-0.25, -0.2) is 4.98 Å². The van der Waals surface area contributed by atoms with E-state index in [2.05, 4.69) is 36.5 Å². The summed E-state index contributed by atoms with van der Waals surface area (Å²) in [6.07, 6.45) is 2.48. The van der Waals surface area contributed by atoms with Crippen LogP contribution in [0.15, 0.2) is 15.8 Å². The van der Waals surface area contributed by atoms with E-state index in [1.807, 2.05) is 0 Å². The Bertz CT molecular complexity index is 477. The molecule has 0 aliphatic carbocycles. The maximum absolute atomic E-state index is 5.82. The average molecular weight is 289 g/mol. The van der Waals surface area contributed by atoms with Gasteiger partial charge in [-0.15, -0.1) is 0 Å². The molecule has 0 spiro atoms. The maximum atomic E-state index is 5.82. The Labute approximate surface area is 111 Å². The van der Waals surface area contributed by atoms with Gasteiger partial charge in [0.05, 0.1) is 0 Å². The molecule has 0 amide bonds. The predicted octanol–water partition coefficient (Wildman–Crippen LogP) is 2.35. The van der Waals surface area contributed by atoms with Crippen LogP contribution < -0.4 is 5.32 Å². The Morgan fingerprint density at radius 1 is 1.41 bits per heavy atom. The first-order valence-electron chi connectivity index (χ1n) is 4.88. The van der Waals surface area contributed by atoms with Crippen LogP contribution >= 0.6 is 34.9 Å². The molecule has 0 fully saturated rings. The van der Waals surface area contributed by atoms with E-state index < -0.39 is 0 Å². The van der Waals surface area contributed by atoms with Gasteiger partial charge in [0.15, 0.2) is 4.34 Å². The minimum Gasteiger partial charge on any atom is -0.354 e. The SMILES string of the molecule is CCCNc1nc(Cl)nc(Sc2ncns2)n1. The van der Waals surface area contributed by atoms with Crippen LogP contribution in [0.1, 0.15) is 13.3 Å². The van der Waals surface area contributed by atoms with Crippen molar-refractivity contribution in [2.24, 2.45) is 0 Å². The summed E-state index contributed by atoms with van der Waals surface area (Å²) in [6, 6.07) is 0. The lowest BCUT2D eigenvalue weighted by molar-refractivity contribution is 0.877. The van der Waals surface area contributed by atoms with Crippen LogP contribution in [-0.2, 0) is 0 Å². The molecule has 0 aliphatic heterocycles. The highest BCUT2D eigenvalue weighted by Crippen LogP contribution is 2.26. The van der Waals surface area contributed by atoms with Crippen LogP contribution in [0.4, 0.5) is 5.95 Å². The molecule has 0 unspecified atom stereocenters. The quantitative estimate of drug-likeness (QED) is 0.905. The number of hydrogen-bond donors (Lipinski definition) is 1. The first kappa shape index (κ1) is 12.5. The summed E-state index contributed by atoms with van der Waals surface area (Å²) in [6.45, 7) is 2.86. The minimum absolute atomic E-state index is 0.172. The fourth-order valence-electron chi connectivity index (χ4n) is 0.979. The second-order valence-corrected chi connectivity index (χ2v) is 5.28. The van der Waals surface area contributed by atoms with Gasteiger partial charge < -0.3 is 5.32 Å². The molecule has 0 atom stereocenters. The van der Waals surface area contributed by atoms with Gasteiger partial charge in [0, 0.05) is 6.54 Å². The number of aromatic nitrogens is 5. The van der Waals surface area contributed by atoms with Gasteiger partial charge in [0.2, 0.25) is 16.4 Å². The van der Waals surface area contributed by atoms with Crippen molar-refractivity contribution in [3.63, 3.8) is 0 Å². The standard InChI is InChI=1S/C8H9ClN6S2/c1-2-3-10-6-13-5(9)14-7(15-6)16-8-11-4-12-17-8/h4H,2-3H2,1H3,(H,10,13,14,15). The van der Waals surface area contributed by atoms with Gasteiger partial charge >= 0.3 is 0 Å². The van der Waals surface area contributed by atoms with Crippen molar-refractivity contribution in [3.8, 4) is 0 Å². The Morgan fingerprint density at radius 3 is 3.00 bits per heavy atom. The van der Waals surface area contributed by atoms with E-state index in [9.17, 15) is 0 Å². The zero-order chi connectivity index (χ0) is 12.1. The zero-order valence-electron chi connectivity index (χ0n) is 8.92. The molecule has 1 N–H and O–H groups in total. The first-order chi connectivity index (χ1) is 8.28. The molecule has 0 radical (unpaired) electrons. The molecule has 0 bridgehead atoms. The van der Waals surface area contributed by atoms with Crippen molar-refractivity contribution in [1.82, 2.24) is 24.3 Å². The number of halogens is 1. The van der Waals surface area contributed by atoms with Crippen LogP contribution in [0.3, 0.4) is 0 Å². The Morgan fingerprint density at radius 2 is 2.29 bits per heavy atom. The lowest BCUT2D eigenvalue weighted by Crippen LogP contribution is -2.06. The molecule has 2 aromatic heterocycles. The summed E-state index contributed by atoms with van der Waals surface area (Å²) in [7, 11) is 0. The molecule has 17 heavy (non-hydrogen) atoms. The minimum atomic E-state index is 0.172. The smallest absolute Gasteiger partial charge is 0.228 e. The van der Waals surface area contributed by atoms with E-state index in [-0.39, 0.29) is 5.28 Å². The van der Waals surface area contributed by atoms with Crippen molar-refractivity contribution in [2.75, 3.05) is 11.9 Å². The van der Waals surface area contributed by atoms with Gasteiger partial charge in [0.25, 0.3) is 0 Å². The number of hydrogen-bond acceptors (Lipinski definition) is 8. The van der Waals surface area contributed by atoms with Gasteiger partial charge in [-0.2, -0.15) is 19.3 Å². The zero-order valence-corrected chi connectivity index (χ0v) is 11.3. The van der Waals surface area contributed by atoms with Crippen molar-refractivity contribution in [1.29, 1.82) is 0 Å². The summed E-state index contributed by atoms with van der Waals surface area (Å²) in [5.41, 5.74) is 0. The number of rotatable bonds is 5. The maximum Gasteiger partial charge on any atom is 0.228 e. The highest BCUT2D eigenvalue weighted by atomic mass is 35.5. The highest BCUT2D eigenvalue weighted by molar-refractivity contribution is 8.00. The van der Waals surface area contributed by atoms with Crippen molar-refractivity contribution in [2.45, 2.75) is 22.8 Å². The second kappa shape index (κ2) is 6.08. The monoisotopic (exact) mass is 288 g/mol. The Balaban J connectivity index is 2.13. The molecular formula is C8H9ClN6S2. The highest BCUT2D eigenvalue weighted by Gasteiger charge is 2.08. The van der Waals surface area contributed by atoms with Crippen molar-refractivity contribution in [3.05, 3.63) is 11.6 Å². The second-order valence-electron chi connectivity index (χ2n) is 2.95. The molecule has 0 saturated carbocycles. The topological polar surface area (TPSA) is 76.5 Å². The van der Waals surface area contributed by atoms with E-state index in [4.69, 9.17) is 11.6 Å². The molecular weight excluding hydrogens is 280 g/mol. The molecule has 2 heterocycles. The molecule has 0 saturated heterocycles. The van der Waals surface area contributed by atoms with E-state index in [1.165, 1.54) is 29.6 Å². The summed E-state index contributed by atoms with van der Waals surface area (Å²) in [5.74, 6) is 0.485. The fourth-order valence-corrected chi connectivity index (χ4v) is 2.49. The van der Waals surface area contributed by atoms with Gasteiger partial charge in [-0.3, -0.25) is 0 Å². The number of nitrogens with zero attached hydrogens (tertiary/aromatic N) is 5. The predicted molar refractivity (Wildman–Crippen MR) is 67.6 cm³/mol. The largest absolute Gasteiger partial charge is 0.354 e. The summed E-state index contributed by atoms with van der Waals surface area (Å²) in [5, 5.41) is 3.75. The van der Waals surface area contributed by atoms with E-state index in [0.29, 0.717) is 11.1 Å². The lowest BCUT2D eigenvalue weighted by Gasteiger charge is -2.03. The van der Waals surface area contributed by atoms with Gasteiger partial charge in [0.1, 0.15) is 6.33 Å². The van der Waals surface area contributed by atoms with Crippen LogP contribution in [0.25, 0.3) is 0 Å². The van der Waals surface area contributed by atoms with Gasteiger partial charge in [-0.05, 0) is 41.3 Å². The third-order valence-electron chi connectivity index (χ3n) is 1.64. The summed E-state index contributed by atoms with van der Waals surface area (Å²) < 4.78 is 4.67. The van der Waals surface area contributed by atoms with Crippen LogP contribution in [-0.4, -0.2) is 30.9 Å². The molecule has 0 aliphatic rings. The van der Waals surface area contributed by atoms with E-state index >= 15 is 0 Å². The molecule has 0 aromatic carbocycles. The summed E-state index contributed by atoms with van der Waals surface area (Å²) in [4.78, 5) is 16.3. The number of nitrogens with one attached hydrogen (secondary N) is 1. The Kier molecular flexibility index (Phi) is 4.46. The fraction of sp³-hybridized carbons (Fsp3) is 0.375. The van der Waals surface area contributed by atoms with Crippen LogP contribution in [0.5, 0.6) is 0 Å². The van der Waals surface area contributed by atoms with Crippen LogP contribution in [0, 0.1) is 0 Å². The Hall–Kier alpha value is -0.990. The molecule has 90 valence electrons. The van der Waals surface area contributed by atoms with Gasteiger partial charge in [-0.1, -0.05) is 6.92 Å². The van der Waals surface area contributed by atoms with E-state index in [0.717, 1.165) is 17.3 Å².